The molecule has 0 unspecified atom stereocenters. The molecule has 0 aliphatic carbocycles. The maximum Gasteiger partial charge on any atom is 0.416 e. The Bertz CT molecular complexity index is 711. The van der Waals surface area contributed by atoms with Crippen molar-refractivity contribution in [1.82, 2.24) is 5.32 Å². The monoisotopic (exact) mass is 361 g/mol. The van der Waals surface area contributed by atoms with Crippen molar-refractivity contribution < 1.29 is 27.5 Å². The predicted molar refractivity (Wildman–Crippen MR) is 78.9 cm³/mol. The van der Waals surface area contributed by atoms with Crippen LogP contribution in [0.4, 0.5) is 23.7 Å². The van der Waals surface area contributed by atoms with E-state index in [4.69, 9.17) is 16.9 Å². The normalized spacial score (nSPS) is 11.4. The first-order valence-corrected chi connectivity index (χ1v) is 6.78. The lowest BCUT2D eigenvalue weighted by Gasteiger charge is -2.10. The molecule has 0 fully saturated rings. The average molecular weight is 362 g/mol. The lowest BCUT2D eigenvalue weighted by Crippen LogP contribution is -2.32. The maximum absolute atomic E-state index is 12.5. The summed E-state index contributed by atoms with van der Waals surface area (Å²) in [5, 5.41) is 12.9. The number of benzene rings is 1. The van der Waals surface area contributed by atoms with Crippen molar-refractivity contribution in [3.8, 4) is 6.07 Å². The van der Waals surface area contributed by atoms with Crippen molar-refractivity contribution in [3.63, 3.8) is 0 Å². The molecule has 6 nitrogen and oxygen atoms in total. The molecule has 0 aliphatic rings. The Morgan fingerprint density at radius 1 is 1.42 bits per heavy atom. The van der Waals surface area contributed by atoms with Gasteiger partial charge in [-0.15, -0.1) is 0 Å². The molecule has 0 radical (unpaired) electrons. The smallest absolute Gasteiger partial charge is 0.416 e. The average Bonchev–Trinajstić information content (AvgIpc) is 2.48. The summed E-state index contributed by atoms with van der Waals surface area (Å²) in [5.74, 6) is -1.04. The summed E-state index contributed by atoms with van der Waals surface area (Å²) in [7, 11) is 0. The van der Waals surface area contributed by atoms with Gasteiger partial charge >= 0.3 is 12.3 Å². The van der Waals surface area contributed by atoms with Crippen LogP contribution in [0.5, 0.6) is 0 Å². The molecule has 0 heterocycles. The number of nitriles is 1. The fourth-order valence-electron chi connectivity index (χ4n) is 1.43. The molecule has 0 aliphatic heterocycles. The van der Waals surface area contributed by atoms with Crippen LogP contribution in [0.3, 0.4) is 0 Å². The molecule has 0 bridgehead atoms. The number of hydrogen-bond donors (Lipinski definition) is 2. The van der Waals surface area contributed by atoms with Gasteiger partial charge in [-0.1, -0.05) is 11.6 Å². The van der Waals surface area contributed by atoms with Crippen LogP contribution in [-0.2, 0) is 15.7 Å². The third-order valence-corrected chi connectivity index (χ3v) is 2.84. The fourth-order valence-corrected chi connectivity index (χ4v) is 1.67. The van der Waals surface area contributed by atoms with E-state index in [1.54, 1.807) is 5.32 Å². The highest BCUT2D eigenvalue weighted by Gasteiger charge is 2.30. The number of anilines is 1. The Balaban J connectivity index is 2.88. The standard InChI is InChI=1S/C14H11ClF3N3O3/c1-2-24-13(23)21-12(22)8(6-19)7-20-11-4-3-9(5-10(11)15)14(16,17)18/h3-5,7,20H,2H2,1H3,(H,21,22,23)/b8-7-. The molecule has 1 aromatic rings. The van der Waals surface area contributed by atoms with E-state index in [1.165, 1.54) is 13.0 Å². The molecule has 24 heavy (non-hydrogen) atoms. The minimum Gasteiger partial charge on any atom is -0.450 e. The van der Waals surface area contributed by atoms with E-state index < -0.39 is 29.3 Å². The minimum atomic E-state index is -4.55. The molecule has 0 spiro atoms. The Morgan fingerprint density at radius 3 is 2.58 bits per heavy atom. The molecular formula is C14H11ClF3N3O3. The van der Waals surface area contributed by atoms with Crippen LogP contribution in [-0.4, -0.2) is 18.6 Å². The van der Waals surface area contributed by atoms with Crippen molar-refractivity contribution in [2.24, 2.45) is 0 Å². The van der Waals surface area contributed by atoms with Gasteiger partial charge in [0.2, 0.25) is 0 Å². The van der Waals surface area contributed by atoms with E-state index >= 15 is 0 Å². The van der Waals surface area contributed by atoms with E-state index in [2.05, 4.69) is 10.1 Å². The van der Waals surface area contributed by atoms with E-state index in [9.17, 15) is 22.8 Å². The molecule has 1 rings (SSSR count). The van der Waals surface area contributed by atoms with Gasteiger partial charge < -0.3 is 10.1 Å². The predicted octanol–water partition coefficient (Wildman–Crippen LogP) is 3.45. The summed E-state index contributed by atoms with van der Waals surface area (Å²) in [5.41, 5.74) is -1.40. The van der Waals surface area contributed by atoms with E-state index in [-0.39, 0.29) is 17.3 Å². The number of nitrogens with zero attached hydrogens (tertiary/aromatic N) is 1. The van der Waals surface area contributed by atoms with Crippen molar-refractivity contribution in [2.45, 2.75) is 13.1 Å². The van der Waals surface area contributed by atoms with Gasteiger partial charge in [-0.25, -0.2) is 4.79 Å². The van der Waals surface area contributed by atoms with Crippen LogP contribution >= 0.6 is 11.6 Å². The van der Waals surface area contributed by atoms with Gasteiger partial charge in [0.05, 0.1) is 22.9 Å². The summed E-state index contributed by atoms with van der Waals surface area (Å²) in [4.78, 5) is 22.7. The first-order valence-electron chi connectivity index (χ1n) is 6.40. The number of nitrogens with one attached hydrogen (secondary N) is 2. The van der Waals surface area contributed by atoms with E-state index in [0.717, 1.165) is 18.3 Å². The van der Waals surface area contributed by atoms with Crippen LogP contribution in [0.25, 0.3) is 0 Å². The maximum atomic E-state index is 12.5. The van der Waals surface area contributed by atoms with Crippen molar-refractivity contribution in [2.75, 3.05) is 11.9 Å². The SMILES string of the molecule is CCOC(=O)NC(=O)/C(C#N)=C\Nc1ccc(C(F)(F)F)cc1Cl. The van der Waals surface area contributed by atoms with Crippen LogP contribution < -0.4 is 10.6 Å². The number of carbonyl (C=O) groups is 2. The minimum absolute atomic E-state index is 0.0319. The van der Waals surface area contributed by atoms with Crippen LogP contribution in [0.1, 0.15) is 12.5 Å². The van der Waals surface area contributed by atoms with Gasteiger partial charge in [-0.2, -0.15) is 18.4 Å². The number of alkyl carbamates (subject to hydrolysis) is 1. The number of alkyl halides is 3. The lowest BCUT2D eigenvalue weighted by atomic mass is 10.2. The highest BCUT2D eigenvalue weighted by atomic mass is 35.5. The third-order valence-electron chi connectivity index (χ3n) is 2.52. The number of ether oxygens (including phenoxy) is 1. The number of halogens is 4. The zero-order chi connectivity index (χ0) is 18.3. The fraction of sp³-hybridized carbons (Fsp3) is 0.214. The largest absolute Gasteiger partial charge is 0.450 e. The third kappa shape index (κ3) is 5.48. The van der Waals surface area contributed by atoms with Crippen LogP contribution in [0.2, 0.25) is 5.02 Å². The molecule has 10 heteroatoms. The van der Waals surface area contributed by atoms with E-state index in [1.807, 2.05) is 0 Å². The molecule has 1 aromatic carbocycles. The summed E-state index contributed by atoms with van der Waals surface area (Å²) in [6.45, 7) is 1.56. The zero-order valence-electron chi connectivity index (χ0n) is 12.2. The Morgan fingerprint density at radius 2 is 2.08 bits per heavy atom. The number of imide groups is 1. The lowest BCUT2D eigenvalue weighted by molar-refractivity contribution is -0.137. The topological polar surface area (TPSA) is 91.2 Å². The van der Waals surface area contributed by atoms with Crippen LogP contribution in [0.15, 0.2) is 30.0 Å². The van der Waals surface area contributed by atoms with Crippen molar-refractivity contribution in [3.05, 3.63) is 40.6 Å². The highest BCUT2D eigenvalue weighted by molar-refractivity contribution is 6.33. The summed E-state index contributed by atoms with van der Waals surface area (Å²) in [6, 6.07) is 4.05. The van der Waals surface area contributed by atoms with Crippen molar-refractivity contribution >= 4 is 29.3 Å². The second kappa shape index (κ2) is 8.21. The second-order valence-electron chi connectivity index (χ2n) is 4.18. The molecular weight excluding hydrogens is 351 g/mol. The molecule has 0 atom stereocenters. The number of carbonyl (C=O) groups excluding carboxylic acids is 2. The number of hydrogen-bond acceptors (Lipinski definition) is 5. The first kappa shape index (κ1) is 19.3. The molecule has 0 saturated carbocycles. The van der Waals surface area contributed by atoms with Gasteiger partial charge in [-0.3, -0.25) is 10.1 Å². The number of rotatable bonds is 4. The van der Waals surface area contributed by atoms with E-state index in [0.29, 0.717) is 6.07 Å². The van der Waals surface area contributed by atoms with Gasteiger partial charge in [0.1, 0.15) is 11.6 Å². The molecule has 2 N–H and O–H groups in total. The quantitative estimate of drug-likeness (QED) is 0.633. The molecule has 0 aromatic heterocycles. The van der Waals surface area contributed by atoms with Crippen molar-refractivity contribution in [1.29, 1.82) is 5.26 Å². The Kier molecular flexibility index (Phi) is 6.61. The first-order chi connectivity index (χ1) is 11.2. The molecule has 2 amide bonds. The highest BCUT2D eigenvalue weighted by Crippen LogP contribution is 2.33. The summed E-state index contributed by atoms with van der Waals surface area (Å²) >= 11 is 5.72. The number of amides is 2. The second-order valence-corrected chi connectivity index (χ2v) is 4.59. The summed E-state index contributed by atoms with van der Waals surface area (Å²) in [6.07, 6.45) is -4.67. The summed E-state index contributed by atoms with van der Waals surface area (Å²) < 4.78 is 42.1. The van der Waals surface area contributed by atoms with Gasteiger partial charge in [-0.05, 0) is 25.1 Å². The van der Waals surface area contributed by atoms with Gasteiger partial charge in [0.25, 0.3) is 5.91 Å². The molecule has 0 saturated heterocycles. The Hall–Kier alpha value is -2.73. The van der Waals surface area contributed by atoms with Gasteiger partial charge in [0, 0.05) is 6.20 Å². The Labute approximate surface area is 139 Å². The van der Waals surface area contributed by atoms with Crippen LogP contribution in [0, 0.1) is 11.3 Å². The molecule has 128 valence electrons. The zero-order valence-corrected chi connectivity index (χ0v) is 13.0. The van der Waals surface area contributed by atoms with Gasteiger partial charge in [0.15, 0.2) is 0 Å².